The third-order valence-corrected chi connectivity index (χ3v) is 7.23. The number of anilines is 1. The average Bonchev–Trinajstić information content (AvgIpc) is 2.68. The van der Waals surface area contributed by atoms with E-state index >= 15 is 0 Å². The minimum atomic E-state index is -3.60. The van der Waals surface area contributed by atoms with Gasteiger partial charge in [-0.15, -0.1) is 0 Å². The molecule has 1 aromatic rings. The molecule has 0 radical (unpaired) electrons. The zero-order chi connectivity index (χ0) is 19.4. The molecule has 1 aliphatic heterocycles. The summed E-state index contributed by atoms with van der Waals surface area (Å²) in [6.07, 6.45) is 5.34. The number of benzene rings is 1. The van der Waals surface area contributed by atoms with E-state index in [9.17, 15) is 18.0 Å². The van der Waals surface area contributed by atoms with Gasteiger partial charge in [0.25, 0.3) is 0 Å². The Morgan fingerprint density at radius 3 is 2.11 bits per heavy atom. The van der Waals surface area contributed by atoms with Gasteiger partial charge in [-0.05, 0) is 37.1 Å². The van der Waals surface area contributed by atoms with Crippen LogP contribution in [0.15, 0.2) is 29.2 Å². The quantitative estimate of drug-likeness (QED) is 0.848. The summed E-state index contributed by atoms with van der Waals surface area (Å²) in [7, 11) is -3.60. The first-order chi connectivity index (χ1) is 12.9. The van der Waals surface area contributed by atoms with Gasteiger partial charge in [0, 0.05) is 44.7 Å². The van der Waals surface area contributed by atoms with Crippen LogP contribution in [0.2, 0.25) is 0 Å². The molecule has 1 heterocycles. The zero-order valence-electron chi connectivity index (χ0n) is 15.7. The van der Waals surface area contributed by atoms with Gasteiger partial charge in [-0.2, -0.15) is 4.31 Å². The van der Waals surface area contributed by atoms with Crippen molar-refractivity contribution in [2.45, 2.75) is 43.9 Å². The fraction of sp³-hybridized carbons (Fsp3) is 0.579. The zero-order valence-corrected chi connectivity index (χ0v) is 16.5. The van der Waals surface area contributed by atoms with Crippen LogP contribution >= 0.6 is 0 Å². The molecular weight excluding hydrogens is 366 g/mol. The van der Waals surface area contributed by atoms with Crippen molar-refractivity contribution in [1.82, 2.24) is 9.21 Å². The molecule has 0 unspecified atom stereocenters. The Morgan fingerprint density at radius 1 is 0.963 bits per heavy atom. The third-order valence-electron chi connectivity index (χ3n) is 5.32. The molecule has 0 atom stereocenters. The first-order valence-corrected chi connectivity index (χ1v) is 11.0. The number of rotatable bonds is 4. The molecule has 1 N–H and O–H groups in total. The van der Waals surface area contributed by atoms with Gasteiger partial charge in [0.15, 0.2) is 0 Å². The Bertz CT molecular complexity index is 778. The van der Waals surface area contributed by atoms with Crippen LogP contribution in [0.5, 0.6) is 0 Å². The highest BCUT2D eigenvalue weighted by Crippen LogP contribution is 2.26. The van der Waals surface area contributed by atoms with Crippen molar-refractivity contribution in [3.8, 4) is 0 Å². The van der Waals surface area contributed by atoms with E-state index in [4.69, 9.17) is 0 Å². The molecule has 0 spiro atoms. The lowest BCUT2D eigenvalue weighted by atomic mass is 9.88. The van der Waals surface area contributed by atoms with Crippen molar-refractivity contribution in [2.24, 2.45) is 5.92 Å². The van der Waals surface area contributed by atoms with E-state index in [1.807, 2.05) is 4.90 Å². The van der Waals surface area contributed by atoms with Crippen molar-refractivity contribution in [3.05, 3.63) is 24.3 Å². The lowest BCUT2D eigenvalue weighted by Crippen LogP contribution is -2.52. The Kier molecular flexibility index (Phi) is 6.16. The van der Waals surface area contributed by atoms with Crippen molar-refractivity contribution >= 4 is 27.5 Å². The number of piperazine rings is 1. The first kappa shape index (κ1) is 19.8. The van der Waals surface area contributed by atoms with Crippen molar-refractivity contribution in [3.63, 3.8) is 0 Å². The van der Waals surface area contributed by atoms with Crippen molar-refractivity contribution < 1.29 is 18.0 Å². The molecule has 1 saturated heterocycles. The van der Waals surface area contributed by atoms with Gasteiger partial charge in [-0.1, -0.05) is 19.3 Å². The Hall–Kier alpha value is -1.93. The molecule has 0 bridgehead atoms. The highest BCUT2D eigenvalue weighted by atomic mass is 32.2. The van der Waals surface area contributed by atoms with Crippen LogP contribution in [0.25, 0.3) is 0 Å². The molecular formula is C19H27N3O4S. The Balaban J connectivity index is 1.60. The third kappa shape index (κ3) is 4.68. The maximum atomic E-state index is 12.8. The van der Waals surface area contributed by atoms with Crippen LogP contribution in [0.4, 0.5) is 5.69 Å². The van der Waals surface area contributed by atoms with Gasteiger partial charge in [-0.25, -0.2) is 8.42 Å². The number of hydrogen-bond acceptors (Lipinski definition) is 4. The normalized spacial score (nSPS) is 19.7. The standard InChI is InChI=1S/C19H27N3O4S/c1-15(23)20-17-7-9-18(10-8-17)27(25,26)22-13-11-21(12-14-22)19(24)16-5-3-2-4-6-16/h7-10,16H,2-6,11-14H2,1H3,(H,20,23). The van der Waals surface area contributed by atoms with E-state index in [1.165, 1.54) is 29.8 Å². The second-order valence-electron chi connectivity index (χ2n) is 7.27. The number of sulfonamides is 1. The maximum Gasteiger partial charge on any atom is 0.243 e. The number of carbonyl (C=O) groups is 2. The van der Waals surface area contributed by atoms with Crippen molar-refractivity contribution in [2.75, 3.05) is 31.5 Å². The summed E-state index contributed by atoms with van der Waals surface area (Å²) in [5.74, 6) is 0.0963. The minimum absolute atomic E-state index is 0.114. The van der Waals surface area contributed by atoms with Crippen molar-refractivity contribution in [1.29, 1.82) is 0 Å². The molecule has 3 rings (SSSR count). The number of nitrogens with zero attached hydrogens (tertiary/aromatic N) is 2. The number of hydrogen-bond donors (Lipinski definition) is 1. The number of nitrogens with one attached hydrogen (secondary N) is 1. The smallest absolute Gasteiger partial charge is 0.243 e. The summed E-state index contributed by atoms with van der Waals surface area (Å²) in [5.41, 5.74) is 0.560. The second kappa shape index (κ2) is 8.39. The highest BCUT2D eigenvalue weighted by molar-refractivity contribution is 7.89. The number of amides is 2. The number of carbonyl (C=O) groups excluding carboxylic acids is 2. The Morgan fingerprint density at radius 2 is 1.56 bits per heavy atom. The van der Waals surface area contributed by atoms with Crippen LogP contribution in [0.1, 0.15) is 39.0 Å². The summed E-state index contributed by atoms with van der Waals surface area (Å²) in [6, 6.07) is 6.16. The minimum Gasteiger partial charge on any atom is -0.340 e. The van der Waals surface area contributed by atoms with Crippen LogP contribution in [-0.2, 0) is 19.6 Å². The molecule has 2 amide bonds. The van der Waals surface area contributed by atoms with Gasteiger partial charge < -0.3 is 10.2 Å². The predicted molar refractivity (Wildman–Crippen MR) is 103 cm³/mol. The molecule has 27 heavy (non-hydrogen) atoms. The maximum absolute atomic E-state index is 12.8. The van der Waals surface area contributed by atoms with Gasteiger partial charge in [0.05, 0.1) is 4.90 Å². The molecule has 8 heteroatoms. The van der Waals surface area contributed by atoms with E-state index in [0.29, 0.717) is 31.9 Å². The average molecular weight is 394 g/mol. The molecule has 1 aliphatic carbocycles. The SMILES string of the molecule is CC(=O)Nc1ccc(S(=O)(=O)N2CCN(C(=O)C3CCCCC3)CC2)cc1. The van der Waals surface area contributed by atoms with E-state index in [-0.39, 0.29) is 22.6 Å². The van der Waals surface area contributed by atoms with Crippen LogP contribution < -0.4 is 5.32 Å². The van der Waals surface area contributed by atoms with E-state index in [2.05, 4.69) is 5.32 Å². The van der Waals surface area contributed by atoms with E-state index < -0.39 is 10.0 Å². The summed E-state index contributed by atoms with van der Waals surface area (Å²) in [6.45, 7) is 2.91. The molecule has 0 aromatic heterocycles. The van der Waals surface area contributed by atoms with Gasteiger partial charge >= 0.3 is 0 Å². The molecule has 1 saturated carbocycles. The second-order valence-corrected chi connectivity index (χ2v) is 9.21. The van der Waals surface area contributed by atoms with Gasteiger partial charge in [0.1, 0.15) is 0 Å². The fourth-order valence-corrected chi connectivity index (χ4v) is 5.24. The van der Waals surface area contributed by atoms with Crippen LogP contribution in [0, 0.1) is 5.92 Å². The van der Waals surface area contributed by atoms with Gasteiger partial charge in [-0.3, -0.25) is 9.59 Å². The summed E-state index contributed by atoms with van der Waals surface area (Å²) >= 11 is 0. The molecule has 2 fully saturated rings. The Labute approximate surface area is 160 Å². The van der Waals surface area contributed by atoms with E-state index in [0.717, 1.165) is 25.7 Å². The summed E-state index contributed by atoms with van der Waals surface area (Å²) in [5, 5.41) is 2.62. The largest absolute Gasteiger partial charge is 0.340 e. The molecule has 2 aliphatic rings. The highest BCUT2D eigenvalue weighted by Gasteiger charge is 2.32. The lowest BCUT2D eigenvalue weighted by molar-refractivity contribution is -0.137. The predicted octanol–water partition coefficient (Wildman–Crippen LogP) is 2.06. The monoisotopic (exact) mass is 393 g/mol. The topological polar surface area (TPSA) is 86.8 Å². The summed E-state index contributed by atoms with van der Waals surface area (Å²) in [4.78, 5) is 25.7. The van der Waals surface area contributed by atoms with Crippen LogP contribution in [0.3, 0.4) is 0 Å². The van der Waals surface area contributed by atoms with Crippen LogP contribution in [-0.4, -0.2) is 55.6 Å². The summed E-state index contributed by atoms with van der Waals surface area (Å²) < 4.78 is 27.1. The molecule has 148 valence electrons. The van der Waals surface area contributed by atoms with Gasteiger partial charge in [0.2, 0.25) is 21.8 Å². The molecule has 1 aromatic carbocycles. The lowest BCUT2D eigenvalue weighted by Gasteiger charge is -2.36. The molecule has 7 nitrogen and oxygen atoms in total. The van der Waals surface area contributed by atoms with E-state index in [1.54, 1.807) is 12.1 Å². The fourth-order valence-electron chi connectivity index (χ4n) is 3.82. The first-order valence-electron chi connectivity index (χ1n) is 9.54.